The second-order valence-electron chi connectivity index (χ2n) is 9.30. The van der Waals surface area contributed by atoms with Crippen LogP contribution in [0.4, 0.5) is 26.3 Å². The summed E-state index contributed by atoms with van der Waals surface area (Å²) >= 11 is 0. The quantitative estimate of drug-likeness (QED) is 0.521. The Morgan fingerprint density at radius 2 is 1.63 bits per heavy atom. The molecule has 2 aromatic rings. The molecule has 3 atom stereocenters. The zero-order valence-electron chi connectivity index (χ0n) is 18.8. The zero-order chi connectivity index (χ0) is 25.3. The van der Waals surface area contributed by atoms with Crippen LogP contribution in [0.5, 0.6) is 0 Å². The van der Waals surface area contributed by atoms with Crippen molar-refractivity contribution in [1.29, 1.82) is 0 Å². The lowest BCUT2D eigenvalue weighted by atomic mass is 9.86. The van der Waals surface area contributed by atoms with E-state index in [4.69, 9.17) is 4.74 Å². The molecule has 1 spiro atoms. The van der Waals surface area contributed by atoms with E-state index < -0.39 is 29.6 Å². The van der Waals surface area contributed by atoms with Gasteiger partial charge in [0.25, 0.3) is 0 Å². The van der Waals surface area contributed by atoms with Gasteiger partial charge in [-0.1, -0.05) is 30.3 Å². The Morgan fingerprint density at radius 3 is 2.14 bits per heavy atom. The Bertz CT molecular complexity index is 998. The average Bonchev–Trinajstić information content (AvgIpc) is 3.17. The summed E-state index contributed by atoms with van der Waals surface area (Å²) < 4.78 is 86.6. The van der Waals surface area contributed by atoms with Crippen molar-refractivity contribution in [2.75, 3.05) is 13.2 Å². The van der Waals surface area contributed by atoms with E-state index >= 15 is 0 Å². The van der Waals surface area contributed by atoms with Crippen LogP contribution >= 0.6 is 0 Å². The van der Waals surface area contributed by atoms with Crippen molar-refractivity contribution in [3.63, 3.8) is 0 Å². The van der Waals surface area contributed by atoms with Crippen molar-refractivity contribution < 1.29 is 35.9 Å². The maximum Gasteiger partial charge on any atom is 0.416 e. The van der Waals surface area contributed by atoms with Crippen molar-refractivity contribution in [2.45, 2.75) is 62.1 Å². The first-order valence-electron chi connectivity index (χ1n) is 11.4. The van der Waals surface area contributed by atoms with Crippen LogP contribution in [0.2, 0.25) is 0 Å². The fourth-order valence-corrected chi connectivity index (χ4v) is 4.71. The van der Waals surface area contributed by atoms with Crippen molar-refractivity contribution in [3.05, 3.63) is 70.8 Å². The van der Waals surface area contributed by atoms with Crippen LogP contribution in [-0.2, 0) is 28.3 Å². The standard InChI is InChI=1S/C25H26F6N2O2/c26-24(27,28)18-11-17(12-19(13-18)25(29,30)31)21(10-16-4-2-1-3-5-16)35-14-20-6-8-23(15-32-20)9-7-22(34)33-23/h1-5,11-13,20-21,32H,6-10,14-15H2,(H,33,34)/t20-,21-,23+/m1/s1. The van der Waals surface area contributed by atoms with Crippen LogP contribution in [0.15, 0.2) is 48.5 Å². The van der Waals surface area contributed by atoms with Gasteiger partial charge in [-0.15, -0.1) is 0 Å². The molecule has 2 fully saturated rings. The molecule has 2 N–H and O–H groups in total. The predicted molar refractivity (Wildman–Crippen MR) is 116 cm³/mol. The molecule has 2 aliphatic rings. The molecule has 4 nitrogen and oxygen atoms in total. The number of carbonyl (C=O) groups excluding carboxylic acids is 1. The molecule has 0 saturated carbocycles. The maximum atomic E-state index is 13.4. The predicted octanol–water partition coefficient (Wildman–Crippen LogP) is 5.43. The van der Waals surface area contributed by atoms with Crippen molar-refractivity contribution >= 4 is 5.91 Å². The minimum Gasteiger partial charge on any atom is -0.372 e. The summed E-state index contributed by atoms with van der Waals surface area (Å²) in [6, 6.07) is 10.2. The maximum absolute atomic E-state index is 13.4. The van der Waals surface area contributed by atoms with Gasteiger partial charge in [0, 0.05) is 25.4 Å². The molecule has 0 radical (unpaired) electrons. The average molecular weight is 500 g/mol. The van der Waals surface area contributed by atoms with E-state index in [2.05, 4.69) is 10.6 Å². The van der Waals surface area contributed by atoms with Gasteiger partial charge in [0.1, 0.15) is 0 Å². The summed E-state index contributed by atoms with van der Waals surface area (Å²) in [5.74, 6) is 0.00874. The normalized spacial score (nSPS) is 23.9. The number of alkyl halides is 6. The molecule has 190 valence electrons. The summed E-state index contributed by atoms with van der Waals surface area (Å²) in [7, 11) is 0. The molecule has 1 amide bonds. The number of ether oxygens (including phenoxy) is 1. The number of piperidine rings is 1. The molecule has 0 bridgehead atoms. The number of carbonyl (C=O) groups is 1. The first kappa shape index (κ1) is 25.5. The van der Waals surface area contributed by atoms with Crippen LogP contribution in [0.25, 0.3) is 0 Å². The fraction of sp³-hybridized carbons (Fsp3) is 0.480. The molecule has 35 heavy (non-hydrogen) atoms. The van der Waals surface area contributed by atoms with Crippen LogP contribution in [-0.4, -0.2) is 30.6 Å². The highest BCUT2D eigenvalue weighted by Gasteiger charge is 2.41. The Morgan fingerprint density at radius 1 is 0.971 bits per heavy atom. The molecule has 10 heteroatoms. The number of hydrogen-bond donors (Lipinski definition) is 2. The van der Waals surface area contributed by atoms with Gasteiger partial charge >= 0.3 is 12.4 Å². The highest BCUT2D eigenvalue weighted by atomic mass is 19.4. The smallest absolute Gasteiger partial charge is 0.372 e. The molecule has 4 rings (SSSR count). The number of amides is 1. The van der Waals surface area contributed by atoms with E-state index in [0.29, 0.717) is 19.4 Å². The van der Waals surface area contributed by atoms with Gasteiger partial charge in [0.15, 0.2) is 0 Å². The second-order valence-corrected chi connectivity index (χ2v) is 9.30. The Balaban J connectivity index is 1.55. The molecule has 0 aromatic heterocycles. The second kappa shape index (κ2) is 9.81. The van der Waals surface area contributed by atoms with E-state index in [1.807, 2.05) is 0 Å². The van der Waals surface area contributed by atoms with E-state index in [1.54, 1.807) is 30.3 Å². The molecular formula is C25H26F6N2O2. The number of hydrogen-bond acceptors (Lipinski definition) is 3. The van der Waals surface area contributed by atoms with E-state index in [1.165, 1.54) is 0 Å². The van der Waals surface area contributed by atoms with Gasteiger partial charge in [0.2, 0.25) is 5.91 Å². The van der Waals surface area contributed by atoms with Gasteiger partial charge in [-0.2, -0.15) is 26.3 Å². The van der Waals surface area contributed by atoms with Crippen LogP contribution in [0.1, 0.15) is 54.0 Å². The van der Waals surface area contributed by atoms with Crippen LogP contribution in [0.3, 0.4) is 0 Å². The van der Waals surface area contributed by atoms with Gasteiger partial charge in [-0.05, 0) is 48.6 Å². The molecule has 2 aromatic carbocycles. The summed E-state index contributed by atoms with van der Waals surface area (Å²) in [4.78, 5) is 11.6. The third-order valence-electron chi connectivity index (χ3n) is 6.68. The number of halogens is 6. The van der Waals surface area contributed by atoms with E-state index in [9.17, 15) is 31.1 Å². The minimum absolute atomic E-state index is 0.00874. The summed E-state index contributed by atoms with van der Waals surface area (Å²) in [5, 5.41) is 6.31. The largest absolute Gasteiger partial charge is 0.416 e. The highest BCUT2D eigenvalue weighted by molar-refractivity contribution is 5.79. The number of benzene rings is 2. The van der Waals surface area contributed by atoms with Crippen molar-refractivity contribution in [3.8, 4) is 0 Å². The summed E-state index contributed by atoms with van der Waals surface area (Å²) in [6.45, 7) is 0.650. The summed E-state index contributed by atoms with van der Waals surface area (Å²) in [5.41, 5.74) is -2.46. The first-order chi connectivity index (χ1) is 16.4. The van der Waals surface area contributed by atoms with Gasteiger partial charge in [0.05, 0.1) is 29.4 Å². The number of rotatable bonds is 6. The lowest BCUT2D eigenvalue weighted by Gasteiger charge is -2.38. The Kier molecular flexibility index (Phi) is 7.15. The molecule has 2 saturated heterocycles. The van der Waals surface area contributed by atoms with Crippen molar-refractivity contribution in [2.24, 2.45) is 0 Å². The molecular weight excluding hydrogens is 474 g/mol. The Labute approximate surface area is 199 Å². The van der Waals surface area contributed by atoms with E-state index in [0.717, 1.165) is 30.5 Å². The van der Waals surface area contributed by atoms with Crippen LogP contribution in [0, 0.1) is 0 Å². The van der Waals surface area contributed by atoms with Gasteiger partial charge in [-0.3, -0.25) is 4.79 Å². The minimum atomic E-state index is -4.93. The number of nitrogens with one attached hydrogen (secondary N) is 2. The third-order valence-corrected chi connectivity index (χ3v) is 6.68. The SMILES string of the molecule is O=C1CC[C@]2(CC[C@H](CO[C@H](Cc3ccccc3)c3cc(C(F)(F)F)cc(C(F)(F)F)c3)NC2)N1. The monoisotopic (exact) mass is 500 g/mol. The Hall–Kier alpha value is -2.59. The zero-order valence-corrected chi connectivity index (χ0v) is 18.8. The lowest BCUT2D eigenvalue weighted by molar-refractivity contribution is -0.143. The molecule has 0 aliphatic carbocycles. The fourth-order valence-electron chi connectivity index (χ4n) is 4.71. The lowest BCUT2D eigenvalue weighted by Crippen LogP contribution is -2.57. The van der Waals surface area contributed by atoms with Gasteiger partial charge in [-0.25, -0.2) is 0 Å². The molecule has 0 unspecified atom stereocenters. The van der Waals surface area contributed by atoms with Gasteiger partial charge < -0.3 is 15.4 Å². The molecule has 2 aliphatic heterocycles. The third kappa shape index (κ3) is 6.35. The molecule has 2 heterocycles. The topological polar surface area (TPSA) is 50.4 Å². The van der Waals surface area contributed by atoms with E-state index in [-0.39, 0.29) is 42.1 Å². The first-order valence-corrected chi connectivity index (χ1v) is 11.4. The van der Waals surface area contributed by atoms with Crippen LogP contribution < -0.4 is 10.6 Å². The summed E-state index contributed by atoms with van der Waals surface area (Å²) in [6.07, 6.45) is -8.17. The highest BCUT2D eigenvalue weighted by Crippen LogP contribution is 2.39. The van der Waals surface area contributed by atoms with Crippen molar-refractivity contribution in [1.82, 2.24) is 10.6 Å².